The highest BCUT2D eigenvalue weighted by Gasteiger charge is 2.05. The fraction of sp³-hybridized carbons (Fsp3) is 0.417. The van der Waals surface area contributed by atoms with Crippen LogP contribution in [-0.2, 0) is 7.05 Å². The summed E-state index contributed by atoms with van der Waals surface area (Å²) in [4.78, 5) is 0. The van der Waals surface area contributed by atoms with E-state index in [2.05, 4.69) is 18.1 Å². The van der Waals surface area contributed by atoms with Crippen molar-refractivity contribution < 1.29 is 4.74 Å². The zero-order chi connectivity index (χ0) is 11.4. The van der Waals surface area contributed by atoms with E-state index in [0.717, 1.165) is 16.7 Å². The molecule has 15 heavy (non-hydrogen) atoms. The average molecular weight is 206 g/mol. The van der Waals surface area contributed by atoms with Crippen LogP contribution in [-0.4, -0.2) is 16.9 Å². The SMILES string of the molecule is CC.COc1cc(C)cc2cn(C)nc12. The van der Waals surface area contributed by atoms with Crippen LogP contribution in [0.1, 0.15) is 19.4 Å². The Morgan fingerprint density at radius 1 is 1.27 bits per heavy atom. The molecule has 2 aromatic rings. The van der Waals surface area contributed by atoms with E-state index in [0.29, 0.717) is 0 Å². The number of fused-ring (bicyclic) bond motifs is 1. The lowest BCUT2D eigenvalue weighted by Gasteiger charge is -2.01. The molecule has 0 spiro atoms. The maximum absolute atomic E-state index is 5.25. The summed E-state index contributed by atoms with van der Waals surface area (Å²) in [6, 6.07) is 4.10. The van der Waals surface area contributed by atoms with Crippen molar-refractivity contribution in [3.05, 3.63) is 23.9 Å². The molecular weight excluding hydrogens is 188 g/mol. The Hall–Kier alpha value is -1.51. The first kappa shape index (κ1) is 11.6. The molecule has 0 N–H and O–H groups in total. The van der Waals surface area contributed by atoms with E-state index in [4.69, 9.17) is 4.74 Å². The Balaban J connectivity index is 0.000000531. The zero-order valence-corrected chi connectivity index (χ0v) is 10.0. The molecule has 0 aliphatic heterocycles. The lowest BCUT2D eigenvalue weighted by Crippen LogP contribution is -1.88. The number of ether oxygens (including phenoxy) is 1. The molecule has 3 nitrogen and oxygen atoms in total. The predicted octanol–water partition coefficient (Wildman–Crippen LogP) is 2.92. The van der Waals surface area contributed by atoms with Gasteiger partial charge in [0.2, 0.25) is 0 Å². The molecule has 82 valence electrons. The van der Waals surface area contributed by atoms with Gasteiger partial charge in [0.05, 0.1) is 7.11 Å². The van der Waals surface area contributed by atoms with Gasteiger partial charge < -0.3 is 4.74 Å². The van der Waals surface area contributed by atoms with Crippen LogP contribution < -0.4 is 4.74 Å². The number of aromatic nitrogens is 2. The van der Waals surface area contributed by atoms with E-state index in [-0.39, 0.29) is 0 Å². The minimum atomic E-state index is 0.843. The fourth-order valence-electron chi connectivity index (χ4n) is 1.52. The van der Waals surface area contributed by atoms with Crippen LogP contribution in [0.15, 0.2) is 18.3 Å². The van der Waals surface area contributed by atoms with Crippen molar-refractivity contribution in [2.24, 2.45) is 7.05 Å². The molecule has 0 radical (unpaired) electrons. The van der Waals surface area contributed by atoms with E-state index in [1.165, 1.54) is 5.56 Å². The van der Waals surface area contributed by atoms with Gasteiger partial charge in [0, 0.05) is 18.6 Å². The van der Waals surface area contributed by atoms with Crippen LogP contribution in [0.4, 0.5) is 0 Å². The molecule has 0 saturated carbocycles. The van der Waals surface area contributed by atoms with Crippen molar-refractivity contribution in [3.63, 3.8) is 0 Å². The predicted molar refractivity (Wildman–Crippen MR) is 63.4 cm³/mol. The molecule has 0 unspecified atom stereocenters. The third-order valence-corrected chi connectivity index (χ3v) is 2.05. The standard InChI is InChI=1S/C10H12N2O.C2H6/c1-7-4-8-6-12(2)11-10(8)9(5-7)13-3;1-2/h4-6H,1-3H3;1-2H3. The van der Waals surface area contributed by atoms with Crippen LogP contribution in [0, 0.1) is 6.92 Å². The third kappa shape index (κ3) is 2.29. The molecule has 3 heteroatoms. The second kappa shape index (κ2) is 4.82. The molecular formula is C12H18N2O. The van der Waals surface area contributed by atoms with Crippen LogP contribution in [0.25, 0.3) is 10.9 Å². The van der Waals surface area contributed by atoms with Crippen molar-refractivity contribution >= 4 is 10.9 Å². The summed E-state index contributed by atoms with van der Waals surface area (Å²) >= 11 is 0. The number of benzene rings is 1. The smallest absolute Gasteiger partial charge is 0.147 e. The van der Waals surface area contributed by atoms with Crippen LogP contribution in [0.2, 0.25) is 0 Å². The van der Waals surface area contributed by atoms with E-state index in [1.54, 1.807) is 11.8 Å². The summed E-state index contributed by atoms with van der Waals surface area (Å²) in [6.07, 6.45) is 1.99. The normalized spacial score (nSPS) is 9.67. The molecule has 1 heterocycles. The van der Waals surface area contributed by atoms with Crippen LogP contribution in [0.3, 0.4) is 0 Å². The van der Waals surface area contributed by atoms with Gasteiger partial charge in [-0.25, -0.2) is 0 Å². The Bertz CT molecular complexity index is 446. The Morgan fingerprint density at radius 3 is 2.53 bits per heavy atom. The second-order valence-corrected chi connectivity index (χ2v) is 3.21. The van der Waals surface area contributed by atoms with Gasteiger partial charge in [0.1, 0.15) is 11.3 Å². The zero-order valence-electron chi connectivity index (χ0n) is 10.0. The van der Waals surface area contributed by atoms with Gasteiger partial charge in [-0.2, -0.15) is 5.10 Å². The third-order valence-electron chi connectivity index (χ3n) is 2.05. The summed E-state index contributed by atoms with van der Waals surface area (Å²) in [6.45, 7) is 6.05. The Labute approximate surface area is 90.7 Å². The number of hydrogen-bond acceptors (Lipinski definition) is 2. The van der Waals surface area contributed by atoms with E-state index in [9.17, 15) is 0 Å². The Kier molecular flexibility index (Phi) is 3.72. The first-order chi connectivity index (χ1) is 7.20. The van der Waals surface area contributed by atoms with Crippen LogP contribution >= 0.6 is 0 Å². The molecule has 2 rings (SSSR count). The van der Waals surface area contributed by atoms with Crippen molar-refractivity contribution in [1.29, 1.82) is 0 Å². The van der Waals surface area contributed by atoms with Crippen molar-refractivity contribution in [1.82, 2.24) is 9.78 Å². The maximum Gasteiger partial charge on any atom is 0.147 e. The van der Waals surface area contributed by atoms with Gasteiger partial charge in [0.15, 0.2) is 0 Å². The van der Waals surface area contributed by atoms with E-state index >= 15 is 0 Å². The molecule has 0 amide bonds. The average Bonchev–Trinajstić information content (AvgIpc) is 2.60. The van der Waals surface area contributed by atoms with Crippen LogP contribution in [0.5, 0.6) is 5.75 Å². The number of aryl methyl sites for hydroxylation is 2. The molecule has 0 bridgehead atoms. The van der Waals surface area contributed by atoms with E-state index < -0.39 is 0 Å². The lowest BCUT2D eigenvalue weighted by atomic mass is 10.2. The highest BCUT2D eigenvalue weighted by atomic mass is 16.5. The molecule has 1 aromatic heterocycles. The summed E-state index contributed by atoms with van der Waals surface area (Å²) in [5.41, 5.74) is 2.12. The molecule has 0 atom stereocenters. The van der Waals surface area contributed by atoms with Crippen molar-refractivity contribution in [2.45, 2.75) is 20.8 Å². The van der Waals surface area contributed by atoms with Crippen molar-refractivity contribution in [2.75, 3.05) is 7.11 Å². The first-order valence-electron chi connectivity index (χ1n) is 5.18. The molecule has 0 fully saturated rings. The number of hydrogen-bond donors (Lipinski definition) is 0. The molecule has 1 aromatic carbocycles. The summed E-state index contributed by atoms with van der Waals surface area (Å²) in [5.74, 6) is 0.843. The highest BCUT2D eigenvalue weighted by molar-refractivity contribution is 5.84. The number of rotatable bonds is 1. The van der Waals surface area contributed by atoms with Gasteiger partial charge in [0.25, 0.3) is 0 Å². The van der Waals surface area contributed by atoms with Gasteiger partial charge in [-0.05, 0) is 24.6 Å². The van der Waals surface area contributed by atoms with Gasteiger partial charge in [-0.15, -0.1) is 0 Å². The second-order valence-electron chi connectivity index (χ2n) is 3.21. The van der Waals surface area contributed by atoms with Gasteiger partial charge in [-0.3, -0.25) is 4.68 Å². The quantitative estimate of drug-likeness (QED) is 0.717. The number of methoxy groups -OCH3 is 1. The summed E-state index contributed by atoms with van der Waals surface area (Å²) < 4.78 is 7.04. The van der Waals surface area contributed by atoms with E-state index in [1.807, 2.05) is 33.2 Å². The maximum atomic E-state index is 5.25. The lowest BCUT2D eigenvalue weighted by molar-refractivity contribution is 0.418. The highest BCUT2D eigenvalue weighted by Crippen LogP contribution is 2.25. The molecule has 0 aliphatic rings. The van der Waals surface area contributed by atoms with Gasteiger partial charge >= 0.3 is 0 Å². The molecule has 0 aliphatic carbocycles. The number of nitrogens with zero attached hydrogens (tertiary/aromatic N) is 2. The Morgan fingerprint density at radius 2 is 1.93 bits per heavy atom. The summed E-state index contributed by atoms with van der Waals surface area (Å²) in [7, 11) is 3.58. The first-order valence-corrected chi connectivity index (χ1v) is 5.18. The van der Waals surface area contributed by atoms with Gasteiger partial charge in [-0.1, -0.05) is 13.8 Å². The monoisotopic (exact) mass is 206 g/mol. The minimum Gasteiger partial charge on any atom is -0.494 e. The largest absolute Gasteiger partial charge is 0.494 e. The van der Waals surface area contributed by atoms with Crippen molar-refractivity contribution in [3.8, 4) is 5.75 Å². The topological polar surface area (TPSA) is 27.1 Å². The summed E-state index contributed by atoms with van der Waals surface area (Å²) in [5, 5.41) is 5.44. The fourth-order valence-corrected chi connectivity index (χ4v) is 1.52. The molecule has 0 saturated heterocycles. The minimum absolute atomic E-state index is 0.843.